The fourth-order valence-electron chi connectivity index (χ4n) is 2.91. The van der Waals surface area contributed by atoms with E-state index in [2.05, 4.69) is 15.9 Å². The zero-order valence-corrected chi connectivity index (χ0v) is 16.3. The summed E-state index contributed by atoms with van der Waals surface area (Å²) in [5.41, 5.74) is -10.1. The Morgan fingerprint density at radius 2 is 1.54 bits per heavy atom. The Morgan fingerprint density at radius 1 is 1.00 bits per heavy atom. The molecular weight excluding hydrogens is 546 g/mol. The molecule has 1 atom stereocenters. The number of hydrogen-bond donors (Lipinski definition) is 0. The third kappa shape index (κ3) is 3.17. The second-order valence-corrected chi connectivity index (χ2v) is 7.94. The van der Waals surface area contributed by atoms with Crippen molar-refractivity contribution in [1.29, 1.82) is 5.26 Å². The monoisotopic (exact) mass is 553 g/mol. The molecule has 0 heterocycles. The van der Waals surface area contributed by atoms with Gasteiger partial charge in [0, 0.05) is 6.42 Å². The smallest absolute Gasteiger partial charge is 0.222 e. The van der Waals surface area contributed by atoms with Gasteiger partial charge in [-0.1, -0.05) is 46.3 Å². The van der Waals surface area contributed by atoms with E-state index in [1.807, 2.05) is 0 Å². The van der Waals surface area contributed by atoms with Crippen LogP contribution in [-0.2, 0) is 5.41 Å². The largest absolute Gasteiger partial charge is 0.433 e. The SMILES string of the molecule is N#Cc1ccccc1C1(C(F)(C(F)(F)F)C(F)(F)F)C=C(Br)CC(I)=C1. The van der Waals surface area contributed by atoms with E-state index in [4.69, 9.17) is 0 Å². The van der Waals surface area contributed by atoms with E-state index in [1.165, 1.54) is 6.07 Å². The maximum absolute atomic E-state index is 15.2. The molecule has 0 bridgehead atoms. The molecule has 1 aliphatic carbocycles. The number of benzene rings is 1. The van der Waals surface area contributed by atoms with Crippen LogP contribution in [0.5, 0.6) is 0 Å². The number of hydrogen-bond acceptors (Lipinski definition) is 1. The van der Waals surface area contributed by atoms with Gasteiger partial charge in [0.2, 0.25) is 0 Å². The van der Waals surface area contributed by atoms with Gasteiger partial charge in [-0.15, -0.1) is 0 Å². The molecule has 1 nitrogen and oxygen atoms in total. The zero-order valence-electron chi connectivity index (χ0n) is 12.5. The van der Waals surface area contributed by atoms with Gasteiger partial charge in [-0.25, -0.2) is 4.39 Å². The first-order chi connectivity index (χ1) is 11.8. The van der Waals surface area contributed by atoms with Gasteiger partial charge < -0.3 is 0 Å². The van der Waals surface area contributed by atoms with E-state index in [9.17, 15) is 31.6 Å². The standard InChI is InChI=1S/C16H8BrF7IN/c17-10-5-11(25)7-13(6-10,12-4-2-1-3-9(12)8-26)14(18,15(19,20)21)16(22,23)24/h1-4,6-7H,5H2. The average Bonchev–Trinajstić information content (AvgIpc) is 2.50. The maximum atomic E-state index is 15.2. The Balaban J connectivity index is 3.05. The van der Waals surface area contributed by atoms with Crippen molar-refractivity contribution < 1.29 is 30.7 Å². The fraction of sp³-hybridized carbons (Fsp3) is 0.312. The van der Waals surface area contributed by atoms with Gasteiger partial charge in [0.15, 0.2) is 0 Å². The van der Waals surface area contributed by atoms with Gasteiger partial charge in [-0.2, -0.15) is 31.6 Å². The maximum Gasteiger partial charge on any atom is 0.433 e. The minimum atomic E-state index is -6.29. The summed E-state index contributed by atoms with van der Waals surface area (Å²) in [7, 11) is 0. The van der Waals surface area contributed by atoms with Gasteiger partial charge in [0.05, 0.1) is 17.0 Å². The quantitative estimate of drug-likeness (QED) is 0.298. The van der Waals surface area contributed by atoms with Crippen molar-refractivity contribution in [3.63, 3.8) is 0 Å². The lowest BCUT2D eigenvalue weighted by Gasteiger charge is -2.45. The lowest BCUT2D eigenvalue weighted by molar-refractivity contribution is -0.354. The number of halogens is 9. The highest BCUT2D eigenvalue weighted by molar-refractivity contribution is 14.1. The summed E-state index contributed by atoms with van der Waals surface area (Å²) in [5.74, 6) is 0. The van der Waals surface area contributed by atoms with Crippen LogP contribution < -0.4 is 0 Å². The van der Waals surface area contributed by atoms with Gasteiger partial charge >= 0.3 is 18.0 Å². The van der Waals surface area contributed by atoms with Crippen LogP contribution in [0.1, 0.15) is 17.5 Å². The Morgan fingerprint density at radius 3 is 2.00 bits per heavy atom. The molecule has 2 rings (SSSR count). The Hall–Kier alpha value is -1.09. The summed E-state index contributed by atoms with van der Waals surface area (Å²) in [6.45, 7) is 0. The van der Waals surface area contributed by atoms with Crippen molar-refractivity contribution in [2.24, 2.45) is 0 Å². The Kier molecular flexibility index (Phi) is 5.56. The van der Waals surface area contributed by atoms with Crippen molar-refractivity contribution in [2.45, 2.75) is 29.9 Å². The number of alkyl halides is 7. The van der Waals surface area contributed by atoms with Crippen LogP contribution in [0.25, 0.3) is 0 Å². The summed E-state index contributed by atoms with van der Waals surface area (Å²) in [4.78, 5) is 0. The second kappa shape index (κ2) is 6.82. The molecule has 0 saturated heterocycles. The molecule has 0 amide bonds. The normalized spacial score (nSPS) is 21.7. The van der Waals surface area contributed by atoms with Crippen molar-refractivity contribution >= 4 is 38.5 Å². The van der Waals surface area contributed by atoms with E-state index in [-0.39, 0.29) is 14.5 Å². The zero-order chi connectivity index (χ0) is 20.0. The number of nitriles is 1. The highest BCUT2D eigenvalue weighted by atomic mass is 127. The highest BCUT2D eigenvalue weighted by Gasteiger charge is 2.81. The van der Waals surface area contributed by atoms with Crippen LogP contribution in [-0.4, -0.2) is 18.0 Å². The van der Waals surface area contributed by atoms with E-state index in [0.717, 1.165) is 18.2 Å². The van der Waals surface area contributed by atoms with Gasteiger partial charge in [-0.3, -0.25) is 0 Å². The van der Waals surface area contributed by atoms with E-state index >= 15 is 4.39 Å². The summed E-state index contributed by atoms with van der Waals surface area (Å²) in [5, 5.41) is 9.18. The van der Waals surface area contributed by atoms with Crippen LogP contribution in [0.15, 0.2) is 44.5 Å². The molecule has 0 aliphatic heterocycles. The molecule has 1 aromatic rings. The molecule has 0 aromatic heterocycles. The molecule has 0 spiro atoms. The van der Waals surface area contributed by atoms with E-state index in [0.29, 0.717) is 12.2 Å². The van der Waals surface area contributed by atoms with Crippen LogP contribution in [0.2, 0.25) is 0 Å². The molecule has 1 unspecified atom stereocenters. The van der Waals surface area contributed by atoms with Crippen molar-refractivity contribution in [3.8, 4) is 6.07 Å². The third-order valence-electron chi connectivity index (χ3n) is 3.95. The van der Waals surface area contributed by atoms with Gasteiger partial charge in [-0.05, 0) is 42.3 Å². The highest BCUT2D eigenvalue weighted by Crippen LogP contribution is 2.60. The lowest BCUT2D eigenvalue weighted by atomic mass is 9.64. The first-order valence-electron chi connectivity index (χ1n) is 6.86. The predicted octanol–water partition coefficient (Wildman–Crippen LogP) is 6.63. The number of rotatable bonds is 2. The molecule has 0 N–H and O–H groups in total. The van der Waals surface area contributed by atoms with Gasteiger partial charge in [0.1, 0.15) is 0 Å². The predicted molar refractivity (Wildman–Crippen MR) is 92.5 cm³/mol. The molecule has 0 radical (unpaired) electrons. The van der Waals surface area contributed by atoms with Crippen molar-refractivity contribution in [1.82, 2.24) is 0 Å². The second-order valence-electron chi connectivity index (χ2n) is 5.54. The summed E-state index contributed by atoms with van der Waals surface area (Å²) in [6.07, 6.45) is -11.4. The van der Waals surface area contributed by atoms with Crippen molar-refractivity contribution in [2.75, 3.05) is 0 Å². The van der Waals surface area contributed by atoms with Crippen LogP contribution in [0.4, 0.5) is 30.7 Å². The first kappa shape index (κ1) is 21.2. The van der Waals surface area contributed by atoms with E-state index < -0.39 is 34.6 Å². The van der Waals surface area contributed by atoms with E-state index in [1.54, 1.807) is 28.7 Å². The minimum Gasteiger partial charge on any atom is -0.222 e. The average molecular weight is 554 g/mol. The first-order valence-corrected chi connectivity index (χ1v) is 8.74. The summed E-state index contributed by atoms with van der Waals surface area (Å²) in [6, 6.07) is 5.91. The molecular formula is C16H8BrF7IN. The van der Waals surface area contributed by atoms with Crippen LogP contribution in [0.3, 0.4) is 0 Å². The van der Waals surface area contributed by atoms with Crippen LogP contribution >= 0.6 is 38.5 Å². The number of nitrogens with zero attached hydrogens (tertiary/aromatic N) is 1. The Labute approximate surface area is 165 Å². The third-order valence-corrected chi connectivity index (χ3v) is 5.15. The molecule has 10 heteroatoms. The topological polar surface area (TPSA) is 23.8 Å². The molecule has 1 aromatic carbocycles. The lowest BCUT2D eigenvalue weighted by Crippen LogP contribution is -2.65. The molecule has 26 heavy (non-hydrogen) atoms. The summed E-state index contributed by atoms with van der Waals surface area (Å²) < 4.78 is 96.5. The minimum absolute atomic E-state index is 0.0167. The van der Waals surface area contributed by atoms with Crippen molar-refractivity contribution in [3.05, 3.63) is 55.6 Å². The molecule has 0 fully saturated rings. The van der Waals surface area contributed by atoms with Crippen LogP contribution in [0, 0.1) is 11.3 Å². The Bertz CT molecular complexity index is 785. The molecule has 140 valence electrons. The van der Waals surface area contributed by atoms with Gasteiger partial charge in [0.25, 0.3) is 0 Å². The number of allylic oxidation sites excluding steroid dienone is 4. The fourth-order valence-corrected chi connectivity index (χ4v) is 5.00. The molecule has 1 aliphatic rings. The summed E-state index contributed by atoms with van der Waals surface area (Å²) >= 11 is 4.46. The molecule has 0 saturated carbocycles.